The lowest BCUT2D eigenvalue weighted by Crippen LogP contribution is -2.46. The topological polar surface area (TPSA) is 35.9 Å². The molecule has 1 N–H and O–H groups in total. The van der Waals surface area contributed by atoms with Crippen LogP contribution in [0.4, 0.5) is 0 Å². The lowest BCUT2D eigenvalue weighted by atomic mass is 10.2. The maximum absolute atomic E-state index is 8.71. The minimum Gasteiger partial charge on any atom is -0.396 e. The van der Waals surface area contributed by atoms with Gasteiger partial charge in [-0.05, 0) is 39.4 Å². The fraction of sp³-hybridized carbons (Fsp3) is 1.00. The van der Waals surface area contributed by atoms with Gasteiger partial charge in [-0.25, -0.2) is 0 Å². The summed E-state index contributed by atoms with van der Waals surface area (Å²) in [6.45, 7) is 8.80. The molecule has 0 radical (unpaired) electrons. The van der Waals surface area contributed by atoms with E-state index in [0.717, 1.165) is 52.2 Å². The Morgan fingerprint density at radius 1 is 1.35 bits per heavy atom. The maximum atomic E-state index is 8.71. The fourth-order valence-electron chi connectivity index (χ4n) is 2.29. The molecular formula is C13H28N2O2. The van der Waals surface area contributed by atoms with Crippen LogP contribution in [0.5, 0.6) is 0 Å². The number of aliphatic hydroxyl groups is 1. The molecule has 1 aliphatic heterocycles. The molecule has 0 spiro atoms. The Kier molecular flexibility index (Phi) is 7.77. The largest absolute Gasteiger partial charge is 0.396 e. The van der Waals surface area contributed by atoms with Gasteiger partial charge in [0.05, 0.1) is 12.7 Å². The van der Waals surface area contributed by atoms with Gasteiger partial charge in [0.15, 0.2) is 0 Å². The number of hydrogen-bond donors (Lipinski definition) is 1. The summed E-state index contributed by atoms with van der Waals surface area (Å²) >= 11 is 0. The first kappa shape index (κ1) is 14.9. The van der Waals surface area contributed by atoms with E-state index in [9.17, 15) is 0 Å². The van der Waals surface area contributed by atoms with Gasteiger partial charge in [-0.3, -0.25) is 4.90 Å². The zero-order chi connectivity index (χ0) is 12.5. The molecule has 0 aromatic heterocycles. The molecule has 0 amide bonds. The van der Waals surface area contributed by atoms with Crippen LogP contribution in [0, 0.1) is 0 Å². The Bertz CT molecular complexity index is 190. The van der Waals surface area contributed by atoms with Crippen LogP contribution in [0.15, 0.2) is 0 Å². The Balaban J connectivity index is 2.10. The van der Waals surface area contributed by atoms with E-state index in [1.54, 1.807) is 0 Å². The number of nitrogens with zero attached hydrogens (tertiary/aromatic N) is 2. The summed E-state index contributed by atoms with van der Waals surface area (Å²) < 4.78 is 5.78. The van der Waals surface area contributed by atoms with Crippen molar-refractivity contribution in [2.75, 3.05) is 53.0 Å². The van der Waals surface area contributed by atoms with Crippen molar-refractivity contribution in [1.82, 2.24) is 9.80 Å². The van der Waals surface area contributed by atoms with Crippen molar-refractivity contribution in [2.45, 2.75) is 32.3 Å². The molecule has 1 atom stereocenters. The molecule has 0 aromatic rings. The van der Waals surface area contributed by atoms with Gasteiger partial charge in [0, 0.05) is 26.2 Å². The lowest BCUT2D eigenvalue weighted by Gasteiger charge is -2.34. The van der Waals surface area contributed by atoms with Crippen LogP contribution in [0.1, 0.15) is 26.2 Å². The van der Waals surface area contributed by atoms with Crippen molar-refractivity contribution in [3.8, 4) is 0 Å². The molecule has 1 rings (SSSR count). The van der Waals surface area contributed by atoms with E-state index in [4.69, 9.17) is 9.84 Å². The molecule has 1 fully saturated rings. The van der Waals surface area contributed by atoms with Crippen LogP contribution >= 0.6 is 0 Å². The number of likely N-dealkylation sites (N-methyl/N-ethyl adjacent to an activating group) is 2. The minimum atomic E-state index is 0.320. The average molecular weight is 244 g/mol. The second-order valence-corrected chi connectivity index (χ2v) is 4.93. The summed E-state index contributed by atoms with van der Waals surface area (Å²) in [5.41, 5.74) is 0. The van der Waals surface area contributed by atoms with Crippen molar-refractivity contribution >= 4 is 0 Å². The molecule has 4 nitrogen and oxygen atoms in total. The second-order valence-electron chi connectivity index (χ2n) is 4.93. The van der Waals surface area contributed by atoms with E-state index < -0.39 is 0 Å². The van der Waals surface area contributed by atoms with Crippen LogP contribution in [0.3, 0.4) is 0 Å². The number of hydrogen-bond acceptors (Lipinski definition) is 4. The summed E-state index contributed by atoms with van der Waals surface area (Å²) in [4.78, 5) is 4.80. The number of rotatable bonds is 8. The molecule has 1 unspecified atom stereocenters. The van der Waals surface area contributed by atoms with Gasteiger partial charge >= 0.3 is 0 Å². The van der Waals surface area contributed by atoms with Crippen molar-refractivity contribution in [3.05, 3.63) is 0 Å². The van der Waals surface area contributed by atoms with Crippen LogP contribution in [-0.2, 0) is 4.74 Å². The highest BCUT2D eigenvalue weighted by Gasteiger charge is 2.20. The second kappa shape index (κ2) is 8.86. The van der Waals surface area contributed by atoms with Crippen molar-refractivity contribution < 1.29 is 9.84 Å². The molecular weight excluding hydrogens is 216 g/mol. The predicted octanol–water partition coefficient (Wildman–Crippen LogP) is 0.802. The van der Waals surface area contributed by atoms with Crippen LogP contribution in [-0.4, -0.2) is 74.0 Å². The zero-order valence-corrected chi connectivity index (χ0v) is 11.4. The van der Waals surface area contributed by atoms with Crippen molar-refractivity contribution in [1.29, 1.82) is 0 Å². The number of unbranched alkanes of at least 4 members (excludes halogenated alkanes) is 2. The van der Waals surface area contributed by atoms with Gasteiger partial charge in [0.1, 0.15) is 0 Å². The smallest absolute Gasteiger partial charge is 0.0829 e. The molecule has 1 heterocycles. The molecule has 0 aromatic carbocycles. The van der Waals surface area contributed by atoms with Gasteiger partial charge in [-0.2, -0.15) is 0 Å². The Morgan fingerprint density at radius 2 is 2.18 bits per heavy atom. The number of aliphatic hydroxyl groups excluding tert-OH is 1. The fourth-order valence-corrected chi connectivity index (χ4v) is 2.29. The normalized spacial score (nSPS) is 22.2. The molecule has 4 heteroatoms. The summed E-state index contributed by atoms with van der Waals surface area (Å²) in [6.07, 6.45) is 3.58. The first-order chi connectivity index (χ1) is 8.26. The molecule has 102 valence electrons. The van der Waals surface area contributed by atoms with E-state index in [1.807, 2.05) is 0 Å². The highest BCUT2D eigenvalue weighted by molar-refractivity contribution is 4.73. The lowest BCUT2D eigenvalue weighted by molar-refractivity contribution is -0.0389. The maximum Gasteiger partial charge on any atom is 0.0829 e. The molecule has 17 heavy (non-hydrogen) atoms. The Morgan fingerprint density at radius 3 is 2.88 bits per heavy atom. The van der Waals surface area contributed by atoms with Crippen molar-refractivity contribution in [2.24, 2.45) is 0 Å². The van der Waals surface area contributed by atoms with Crippen molar-refractivity contribution in [3.63, 3.8) is 0 Å². The summed E-state index contributed by atoms with van der Waals surface area (Å²) in [5.74, 6) is 0. The SMILES string of the molecule is CCN1CCOC(CN(C)CCCCCO)C1. The highest BCUT2D eigenvalue weighted by atomic mass is 16.5. The summed E-state index contributed by atoms with van der Waals surface area (Å²) in [5, 5.41) is 8.71. The van der Waals surface area contributed by atoms with E-state index >= 15 is 0 Å². The Hall–Kier alpha value is -0.160. The Labute approximate surface area is 106 Å². The van der Waals surface area contributed by atoms with Gasteiger partial charge in [-0.15, -0.1) is 0 Å². The molecule has 1 saturated heterocycles. The highest BCUT2D eigenvalue weighted by Crippen LogP contribution is 2.06. The van der Waals surface area contributed by atoms with Crippen LogP contribution in [0.2, 0.25) is 0 Å². The van der Waals surface area contributed by atoms with E-state index in [1.165, 1.54) is 6.42 Å². The van der Waals surface area contributed by atoms with Gasteiger partial charge < -0.3 is 14.7 Å². The minimum absolute atomic E-state index is 0.320. The molecule has 0 bridgehead atoms. The molecule has 0 saturated carbocycles. The number of ether oxygens (including phenoxy) is 1. The third kappa shape index (κ3) is 6.36. The van der Waals surface area contributed by atoms with Gasteiger partial charge in [-0.1, -0.05) is 6.92 Å². The first-order valence-corrected chi connectivity index (χ1v) is 6.89. The van der Waals surface area contributed by atoms with E-state index in [0.29, 0.717) is 12.7 Å². The average Bonchev–Trinajstić information content (AvgIpc) is 2.35. The van der Waals surface area contributed by atoms with Gasteiger partial charge in [0.2, 0.25) is 0 Å². The third-order valence-corrected chi connectivity index (χ3v) is 3.38. The summed E-state index contributed by atoms with van der Waals surface area (Å²) in [6, 6.07) is 0. The summed E-state index contributed by atoms with van der Waals surface area (Å²) in [7, 11) is 2.16. The monoisotopic (exact) mass is 244 g/mol. The van der Waals surface area contributed by atoms with Crippen LogP contribution < -0.4 is 0 Å². The van der Waals surface area contributed by atoms with Gasteiger partial charge in [0.25, 0.3) is 0 Å². The zero-order valence-electron chi connectivity index (χ0n) is 11.4. The van der Waals surface area contributed by atoms with Crippen LogP contribution in [0.25, 0.3) is 0 Å². The van der Waals surface area contributed by atoms with E-state index in [-0.39, 0.29) is 0 Å². The van der Waals surface area contributed by atoms with E-state index in [2.05, 4.69) is 23.8 Å². The third-order valence-electron chi connectivity index (χ3n) is 3.38. The quantitative estimate of drug-likeness (QED) is 0.641. The molecule has 1 aliphatic rings. The molecule has 0 aliphatic carbocycles. The standard InChI is InChI=1S/C13H28N2O2/c1-3-15-8-10-17-13(12-15)11-14(2)7-5-4-6-9-16/h13,16H,3-12H2,1-2H3. The predicted molar refractivity (Wildman–Crippen MR) is 70.3 cm³/mol. The first-order valence-electron chi connectivity index (χ1n) is 6.89. The number of morpholine rings is 1.